The molecule has 1 atom stereocenters. The monoisotopic (exact) mass is 294 g/mol. The van der Waals surface area contributed by atoms with Gasteiger partial charge in [0.1, 0.15) is 0 Å². The normalized spacial score (nSPS) is 12.2. The van der Waals surface area contributed by atoms with Crippen LogP contribution in [0.15, 0.2) is 66.2 Å². The molecule has 2 aromatic heterocycles. The molecular formula is C18H18N2S. The van der Waals surface area contributed by atoms with Gasteiger partial charge in [0.15, 0.2) is 0 Å². The summed E-state index contributed by atoms with van der Waals surface area (Å²) in [4.78, 5) is 5.73. The Kier molecular flexibility index (Phi) is 4.43. The van der Waals surface area contributed by atoms with Gasteiger partial charge in [0.05, 0.1) is 5.69 Å². The third-order valence-electron chi connectivity index (χ3n) is 3.47. The topological polar surface area (TPSA) is 24.9 Å². The molecule has 1 aromatic carbocycles. The number of benzene rings is 1. The van der Waals surface area contributed by atoms with Crippen molar-refractivity contribution in [1.29, 1.82) is 0 Å². The van der Waals surface area contributed by atoms with E-state index < -0.39 is 0 Å². The summed E-state index contributed by atoms with van der Waals surface area (Å²) in [5, 5.41) is 5.75. The molecule has 2 nitrogen and oxygen atoms in total. The number of thiophene rings is 1. The molecule has 0 spiro atoms. The van der Waals surface area contributed by atoms with Crippen molar-refractivity contribution in [2.75, 3.05) is 0 Å². The molecule has 0 amide bonds. The maximum atomic E-state index is 4.38. The molecule has 0 aliphatic rings. The van der Waals surface area contributed by atoms with Gasteiger partial charge in [-0.25, -0.2) is 0 Å². The fraction of sp³-hybridized carbons (Fsp3) is 0.167. The number of hydrogen-bond donors (Lipinski definition) is 1. The smallest absolute Gasteiger partial charge is 0.0570 e. The predicted molar refractivity (Wildman–Crippen MR) is 89.2 cm³/mol. The van der Waals surface area contributed by atoms with Gasteiger partial charge in [-0.3, -0.25) is 4.98 Å². The molecule has 0 bridgehead atoms. The Hall–Kier alpha value is -1.97. The van der Waals surface area contributed by atoms with Gasteiger partial charge in [-0.2, -0.15) is 0 Å². The Labute approximate surface area is 129 Å². The van der Waals surface area contributed by atoms with E-state index in [0.717, 1.165) is 12.2 Å². The van der Waals surface area contributed by atoms with Crippen molar-refractivity contribution < 1.29 is 0 Å². The highest BCUT2D eigenvalue weighted by Crippen LogP contribution is 2.25. The van der Waals surface area contributed by atoms with Gasteiger partial charge < -0.3 is 5.32 Å². The third kappa shape index (κ3) is 3.57. The zero-order valence-corrected chi connectivity index (χ0v) is 12.8. The largest absolute Gasteiger partial charge is 0.304 e. The maximum Gasteiger partial charge on any atom is 0.0570 e. The van der Waals surface area contributed by atoms with Crippen LogP contribution in [0.25, 0.3) is 11.1 Å². The molecule has 0 saturated heterocycles. The Morgan fingerprint density at radius 1 is 1.05 bits per heavy atom. The molecule has 3 heteroatoms. The lowest BCUT2D eigenvalue weighted by Gasteiger charge is -2.12. The van der Waals surface area contributed by atoms with Crippen LogP contribution in [0.3, 0.4) is 0 Å². The number of rotatable bonds is 5. The van der Waals surface area contributed by atoms with Crippen molar-refractivity contribution >= 4 is 11.3 Å². The molecule has 3 rings (SSSR count). The van der Waals surface area contributed by atoms with Gasteiger partial charge in [-0.15, -0.1) is 11.3 Å². The van der Waals surface area contributed by atoms with Crippen LogP contribution < -0.4 is 5.32 Å². The minimum atomic E-state index is 0.258. The molecule has 0 aliphatic heterocycles. The molecule has 0 unspecified atom stereocenters. The van der Waals surface area contributed by atoms with Crippen molar-refractivity contribution in [1.82, 2.24) is 10.3 Å². The predicted octanol–water partition coefficient (Wildman–Crippen LogP) is 4.66. The van der Waals surface area contributed by atoms with E-state index in [1.165, 1.54) is 16.0 Å². The quantitative estimate of drug-likeness (QED) is 0.740. The minimum absolute atomic E-state index is 0.258. The summed E-state index contributed by atoms with van der Waals surface area (Å²) in [6, 6.07) is 19.1. The van der Waals surface area contributed by atoms with Crippen LogP contribution in [-0.2, 0) is 6.54 Å². The Morgan fingerprint density at radius 2 is 1.86 bits per heavy atom. The van der Waals surface area contributed by atoms with E-state index >= 15 is 0 Å². The van der Waals surface area contributed by atoms with Crippen LogP contribution >= 0.6 is 11.3 Å². The molecule has 0 aliphatic carbocycles. The summed E-state index contributed by atoms with van der Waals surface area (Å²) >= 11 is 1.80. The fourth-order valence-corrected chi connectivity index (χ4v) is 3.09. The zero-order chi connectivity index (χ0) is 14.5. The SMILES string of the molecule is C[C@H](NCc1cc(-c2ccccc2)cs1)c1ccccn1. The van der Waals surface area contributed by atoms with Crippen molar-refractivity contribution in [3.05, 3.63) is 76.7 Å². The zero-order valence-electron chi connectivity index (χ0n) is 12.0. The molecule has 3 aromatic rings. The first-order valence-corrected chi connectivity index (χ1v) is 7.98. The third-order valence-corrected chi connectivity index (χ3v) is 4.41. The van der Waals surface area contributed by atoms with Crippen LogP contribution in [0.4, 0.5) is 0 Å². The standard InChI is InChI=1S/C18H18N2S/c1-14(18-9-5-6-10-19-18)20-12-17-11-16(13-21-17)15-7-3-2-4-8-15/h2-11,13-14,20H,12H2,1H3/t14-/m0/s1. The van der Waals surface area contributed by atoms with Gasteiger partial charge in [0.25, 0.3) is 0 Å². The van der Waals surface area contributed by atoms with E-state index in [9.17, 15) is 0 Å². The fourth-order valence-electron chi connectivity index (χ4n) is 2.25. The molecule has 0 saturated carbocycles. The summed E-state index contributed by atoms with van der Waals surface area (Å²) in [5.41, 5.74) is 3.65. The first-order chi connectivity index (χ1) is 10.3. The van der Waals surface area contributed by atoms with Crippen LogP contribution in [-0.4, -0.2) is 4.98 Å². The average Bonchev–Trinajstić information content (AvgIpc) is 3.03. The molecule has 0 radical (unpaired) electrons. The molecule has 21 heavy (non-hydrogen) atoms. The molecule has 0 fully saturated rings. The molecule has 1 N–H and O–H groups in total. The molecule has 2 heterocycles. The van der Waals surface area contributed by atoms with Gasteiger partial charge in [0.2, 0.25) is 0 Å². The Bertz CT molecular complexity index is 677. The van der Waals surface area contributed by atoms with Gasteiger partial charge in [-0.1, -0.05) is 36.4 Å². The summed E-state index contributed by atoms with van der Waals surface area (Å²) in [6.07, 6.45) is 1.84. The van der Waals surface area contributed by atoms with Crippen molar-refractivity contribution in [2.24, 2.45) is 0 Å². The lowest BCUT2D eigenvalue weighted by molar-refractivity contribution is 0.565. The summed E-state index contributed by atoms with van der Waals surface area (Å²) < 4.78 is 0. The highest BCUT2D eigenvalue weighted by atomic mass is 32.1. The van der Waals surface area contributed by atoms with Crippen LogP contribution in [0, 0.1) is 0 Å². The lowest BCUT2D eigenvalue weighted by atomic mass is 10.1. The Balaban J connectivity index is 1.63. The first-order valence-electron chi connectivity index (χ1n) is 7.10. The molecule has 106 valence electrons. The lowest BCUT2D eigenvalue weighted by Crippen LogP contribution is -2.18. The van der Waals surface area contributed by atoms with E-state index in [1.54, 1.807) is 11.3 Å². The first kappa shape index (κ1) is 14.0. The number of pyridine rings is 1. The highest BCUT2D eigenvalue weighted by Gasteiger charge is 2.07. The van der Waals surface area contributed by atoms with Gasteiger partial charge in [0, 0.05) is 23.7 Å². The average molecular weight is 294 g/mol. The second-order valence-electron chi connectivity index (χ2n) is 5.02. The maximum absolute atomic E-state index is 4.38. The second-order valence-corrected chi connectivity index (χ2v) is 6.02. The van der Waals surface area contributed by atoms with E-state index in [2.05, 4.69) is 59.0 Å². The second kappa shape index (κ2) is 6.66. The highest BCUT2D eigenvalue weighted by molar-refractivity contribution is 7.10. The number of nitrogens with zero attached hydrogens (tertiary/aromatic N) is 1. The summed E-state index contributed by atoms with van der Waals surface area (Å²) in [6.45, 7) is 3.02. The van der Waals surface area contributed by atoms with Gasteiger partial charge >= 0.3 is 0 Å². The Morgan fingerprint density at radius 3 is 2.62 bits per heavy atom. The van der Waals surface area contributed by atoms with E-state index in [1.807, 2.05) is 24.4 Å². The van der Waals surface area contributed by atoms with Crippen LogP contribution in [0.1, 0.15) is 23.5 Å². The van der Waals surface area contributed by atoms with E-state index in [-0.39, 0.29) is 6.04 Å². The molecular weight excluding hydrogens is 276 g/mol. The van der Waals surface area contributed by atoms with Crippen molar-refractivity contribution in [2.45, 2.75) is 19.5 Å². The van der Waals surface area contributed by atoms with Gasteiger partial charge in [-0.05, 0) is 41.6 Å². The van der Waals surface area contributed by atoms with Crippen molar-refractivity contribution in [3.63, 3.8) is 0 Å². The summed E-state index contributed by atoms with van der Waals surface area (Å²) in [7, 11) is 0. The minimum Gasteiger partial charge on any atom is -0.304 e. The van der Waals surface area contributed by atoms with Crippen LogP contribution in [0.5, 0.6) is 0 Å². The van der Waals surface area contributed by atoms with E-state index in [4.69, 9.17) is 0 Å². The summed E-state index contributed by atoms with van der Waals surface area (Å²) in [5.74, 6) is 0. The number of nitrogens with one attached hydrogen (secondary N) is 1. The van der Waals surface area contributed by atoms with E-state index in [0.29, 0.717) is 0 Å². The van der Waals surface area contributed by atoms with Crippen LogP contribution in [0.2, 0.25) is 0 Å². The number of aromatic nitrogens is 1. The van der Waals surface area contributed by atoms with Crippen molar-refractivity contribution in [3.8, 4) is 11.1 Å². The number of hydrogen-bond acceptors (Lipinski definition) is 3.